The Morgan fingerprint density at radius 1 is 1.06 bits per heavy atom. The molecule has 1 aromatic carbocycles. The summed E-state index contributed by atoms with van der Waals surface area (Å²) in [6, 6.07) is 16.2. The maximum atomic E-state index is 5.88. The average molecular weight is 482 g/mol. The van der Waals surface area contributed by atoms with Gasteiger partial charge >= 0.3 is 6.01 Å². The summed E-state index contributed by atoms with van der Waals surface area (Å²) in [4.78, 5) is 20.3. The third-order valence-corrected chi connectivity index (χ3v) is 5.23. The number of benzene rings is 1. The maximum Gasteiger partial charge on any atom is 0.318 e. The van der Waals surface area contributed by atoms with E-state index in [1.165, 1.54) is 0 Å². The molecule has 0 bridgehead atoms. The van der Waals surface area contributed by atoms with Crippen molar-refractivity contribution in [1.82, 2.24) is 15.0 Å². The van der Waals surface area contributed by atoms with Gasteiger partial charge in [-0.25, -0.2) is 0 Å². The lowest BCUT2D eigenvalue weighted by atomic mass is 10.2. The Labute approximate surface area is 190 Å². The molecule has 0 saturated carbocycles. The molecule has 0 aliphatic carbocycles. The summed E-state index contributed by atoms with van der Waals surface area (Å²) in [5.74, 6) is 0.846. The van der Waals surface area contributed by atoms with Gasteiger partial charge in [0.1, 0.15) is 5.82 Å². The van der Waals surface area contributed by atoms with Gasteiger partial charge in [-0.05, 0) is 29.8 Å². The first kappa shape index (κ1) is 21.4. The highest BCUT2D eigenvalue weighted by Gasteiger charge is 2.15. The third kappa shape index (κ3) is 6.57. The fourth-order valence-corrected chi connectivity index (χ4v) is 3.60. The van der Waals surface area contributed by atoms with Gasteiger partial charge in [0.05, 0.1) is 32.1 Å². The van der Waals surface area contributed by atoms with E-state index >= 15 is 0 Å². The number of ether oxygens (including phenoxy) is 2. The molecule has 3 aromatic rings. The maximum absolute atomic E-state index is 5.88. The molecule has 1 saturated heterocycles. The zero-order valence-corrected chi connectivity index (χ0v) is 18.7. The topological polar surface area (TPSA) is 72.7 Å². The summed E-state index contributed by atoms with van der Waals surface area (Å²) in [5.41, 5.74) is 2.82. The first-order chi connectivity index (χ1) is 15.3. The zero-order chi connectivity index (χ0) is 21.3. The molecule has 0 unspecified atom stereocenters. The molecule has 160 valence electrons. The number of halogens is 1. The minimum Gasteiger partial charge on any atom is -0.463 e. The van der Waals surface area contributed by atoms with Gasteiger partial charge in [0.2, 0.25) is 0 Å². The second kappa shape index (κ2) is 11.0. The average Bonchev–Trinajstić information content (AvgIpc) is 2.80. The van der Waals surface area contributed by atoms with Crippen molar-refractivity contribution in [2.75, 3.05) is 37.8 Å². The minimum atomic E-state index is 0.368. The fourth-order valence-electron chi connectivity index (χ4n) is 3.18. The van der Waals surface area contributed by atoms with Crippen LogP contribution in [0.5, 0.6) is 6.01 Å². The van der Waals surface area contributed by atoms with Gasteiger partial charge in [-0.3, -0.25) is 9.98 Å². The van der Waals surface area contributed by atoms with Crippen molar-refractivity contribution in [3.63, 3.8) is 0 Å². The normalized spacial score (nSPS) is 14.2. The molecule has 8 heteroatoms. The molecule has 0 radical (unpaired) electrons. The summed E-state index contributed by atoms with van der Waals surface area (Å²) >= 11 is 3.48. The SMILES string of the molecule is Brc1cccc(C=NCc2cc(N3CCOCC3)nc(OCCc3ccccn3)n2)c1. The summed E-state index contributed by atoms with van der Waals surface area (Å²) < 4.78 is 12.4. The molecule has 1 aliphatic heterocycles. The van der Waals surface area contributed by atoms with E-state index in [9.17, 15) is 0 Å². The molecule has 1 fully saturated rings. The van der Waals surface area contributed by atoms with Crippen molar-refractivity contribution in [2.24, 2.45) is 4.99 Å². The number of anilines is 1. The van der Waals surface area contributed by atoms with E-state index in [0.717, 1.165) is 40.3 Å². The second-order valence-corrected chi connectivity index (χ2v) is 7.96. The van der Waals surface area contributed by atoms with Crippen LogP contribution in [0.1, 0.15) is 17.0 Å². The van der Waals surface area contributed by atoms with Crippen molar-refractivity contribution >= 4 is 28.0 Å². The van der Waals surface area contributed by atoms with E-state index in [0.29, 0.717) is 38.8 Å². The van der Waals surface area contributed by atoms with Crippen LogP contribution >= 0.6 is 15.9 Å². The molecule has 31 heavy (non-hydrogen) atoms. The van der Waals surface area contributed by atoms with Crippen LogP contribution < -0.4 is 9.64 Å². The molecule has 7 nitrogen and oxygen atoms in total. The Balaban J connectivity index is 1.46. The highest BCUT2D eigenvalue weighted by Crippen LogP contribution is 2.19. The van der Waals surface area contributed by atoms with Crippen LogP contribution in [0.2, 0.25) is 0 Å². The van der Waals surface area contributed by atoms with E-state index in [4.69, 9.17) is 9.47 Å². The summed E-state index contributed by atoms with van der Waals surface area (Å²) in [7, 11) is 0. The Bertz CT molecular complexity index is 1010. The van der Waals surface area contributed by atoms with Crippen LogP contribution in [0.4, 0.5) is 5.82 Å². The van der Waals surface area contributed by atoms with Crippen LogP contribution in [-0.4, -0.2) is 54.1 Å². The number of hydrogen-bond donors (Lipinski definition) is 0. The number of hydrogen-bond acceptors (Lipinski definition) is 7. The van der Waals surface area contributed by atoms with Gasteiger partial charge in [-0.15, -0.1) is 0 Å². The predicted molar refractivity (Wildman–Crippen MR) is 124 cm³/mol. The summed E-state index contributed by atoms with van der Waals surface area (Å²) in [5, 5.41) is 0. The standard InChI is InChI=1S/C23H24BrN5O2/c24-19-5-3-4-18(14-19)16-25-17-21-15-22(29-9-12-30-13-10-29)28-23(27-21)31-11-7-20-6-1-2-8-26-20/h1-6,8,14-16H,7,9-13,17H2. The number of aliphatic imine (C=N–C) groups is 1. The molecule has 0 spiro atoms. The van der Waals surface area contributed by atoms with Gasteiger partial charge < -0.3 is 14.4 Å². The smallest absolute Gasteiger partial charge is 0.318 e. The van der Waals surface area contributed by atoms with Gasteiger partial charge in [0.15, 0.2) is 0 Å². The largest absolute Gasteiger partial charge is 0.463 e. The molecule has 0 atom stereocenters. The molecule has 3 heterocycles. The molecule has 4 rings (SSSR count). The molecule has 1 aliphatic rings. The van der Waals surface area contributed by atoms with Crippen molar-refractivity contribution in [1.29, 1.82) is 0 Å². The monoisotopic (exact) mass is 481 g/mol. The Morgan fingerprint density at radius 2 is 1.97 bits per heavy atom. The van der Waals surface area contributed by atoms with Gasteiger partial charge in [-0.1, -0.05) is 34.1 Å². The lowest BCUT2D eigenvalue weighted by Gasteiger charge is -2.28. The minimum absolute atomic E-state index is 0.368. The van der Waals surface area contributed by atoms with E-state index in [1.807, 2.05) is 54.7 Å². The van der Waals surface area contributed by atoms with Crippen LogP contribution in [0.25, 0.3) is 0 Å². The number of rotatable bonds is 8. The van der Waals surface area contributed by atoms with Crippen LogP contribution in [0, 0.1) is 0 Å². The van der Waals surface area contributed by atoms with Gasteiger partial charge in [-0.2, -0.15) is 9.97 Å². The quantitative estimate of drug-likeness (QED) is 0.456. The summed E-state index contributed by atoms with van der Waals surface area (Å²) in [6.45, 7) is 3.88. The molecule has 0 N–H and O–H groups in total. The summed E-state index contributed by atoms with van der Waals surface area (Å²) in [6.07, 6.45) is 4.33. The number of nitrogens with zero attached hydrogens (tertiary/aromatic N) is 5. The fraction of sp³-hybridized carbons (Fsp3) is 0.304. The zero-order valence-electron chi connectivity index (χ0n) is 17.2. The predicted octanol–water partition coefficient (Wildman–Crippen LogP) is 3.71. The third-order valence-electron chi connectivity index (χ3n) is 4.74. The molecular weight excluding hydrogens is 458 g/mol. The van der Waals surface area contributed by atoms with Gasteiger partial charge in [0, 0.05) is 48.2 Å². The van der Waals surface area contributed by atoms with E-state index in [2.05, 4.69) is 40.8 Å². The highest BCUT2D eigenvalue weighted by molar-refractivity contribution is 9.10. The van der Waals surface area contributed by atoms with Gasteiger partial charge in [0.25, 0.3) is 0 Å². The van der Waals surface area contributed by atoms with E-state index < -0.39 is 0 Å². The van der Waals surface area contributed by atoms with E-state index in [1.54, 1.807) is 6.20 Å². The van der Waals surface area contributed by atoms with Crippen molar-refractivity contribution in [3.05, 3.63) is 76.2 Å². The number of pyridine rings is 1. The second-order valence-electron chi connectivity index (χ2n) is 7.04. The Hall–Kier alpha value is -2.84. The molecule has 0 amide bonds. The van der Waals surface area contributed by atoms with E-state index in [-0.39, 0.29) is 0 Å². The first-order valence-electron chi connectivity index (χ1n) is 10.2. The highest BCUT2D eigenvalue weighted by atomic mass is 79.9. The Morgan fingerprint density at radius 3 is 2.77 bits per heavy atom. The molecular formula is C23H24BrN5O2. The van der Waals surface area contributed by atoms with Crippen LogP contribution in [0.15, 0.2) is 64.2 Å². The lowest BCUT2D eigenvalue weighted by Crippen LogP contribution is -2.37. The van der Waals surface area contributed by atoms with Crippen molar-refractivity contribution in [2.45, 2.75) is 13.0 Å². The van der Waals surface area contributed by atoms with Crippen molar-refractivity contribution < 1.29 is 9.47 Å². The Kier molecular flexibility index (Phi) is 7.57. The van der Waals surface area contributed by atoms with Crippen LogP contribution in [-0.2, 0) is 17.7 Å². The van der Waals surface area contributed by atoms with Crippen molar-refractivity contribution in [3.8, 4) is 6.01 Å². The number of aromatic nitrogens is 3. The van der Waals surface area contributed by atoms with Crippen LogP contribution in [0.3, 0.4) is 0 Å². The number of morpholine rings is 1. The first-order valence-corrected chi connectivity index (χ1v) is 11.0. The molecule has 2 aromatic heterocycles. The lowest BCUT2D eigenvalue weighted by molar-refractivity contribution is 0.122.